The van der Waals surface area contributed by atoms with E-state index in [9.17, 15) is 4.79 Å². The molecule has 0 bridgehead atoms. The summed E-state index contributed by atoms with van der Waals surface area (Å²) in [5.74, 6) is 1.86. The molecule has 1 heterocycles. The van der Waals surface area contributed by atoms with Crippen LogP contribution < -0.4 is 16.2 Å². The number of nitrogens with one attached hydrogen (secondary N) is 2. The molecule has 0 unspecified atom stereocenters. The van der Waals surface area contributed by atoms with Crippen molar-refractivity contribution >= 4 is 23.1 Å². The lowest BCUT2D eigenvalue weighted by Gasteiger charge is -2.15. The largest absolute Gasteiger partial charge is 0.384 e. The maximum atomic E-state index is 12.1. The number of nitrogens with zero attached hydrogens (tertiary/aromatic N) is 1. The Balaban J connectivity index is 2.03. The molecule has 5 heteroatoms. The summed E-state index contributed by atoms with van der Waals surface area (Å²) in [5.41, 5.74) is 3.96. The van der Waals surface area contributed by atoms with E-state index in [2.05, 4.69) is 35.8 Å². The van der Waals surface area contributed by atoms with Crippen LogP contribution in [0, 0.1) is 5.92 Å². The Morgan fingerprint density at radius 2 is 2.04 bits per heavy atom. The van der Waals surface area contributed by atoms with Crippen molar-refractivity contribution in [2.75, 3.05) is 30.0 Å². The van der Waals surface area contributed by atoms with Gasteiger partial charge in [0.05, 0.1) is 0 Å². The first-order chi connectivity index (χ1) is 11.6. The first-order valence-electron chi connectivity index (χ1n) is 8.52. The van der Waals surface area contributed by atoms with Gasteiger partial charge in [-0.3, -0.25) is 4.79 Å². The SMILES string of the molecule is CCSc1ccc(NCC2CC2)c(-c2cc(NC)c(=O)n(C)c2)c1. The van der Waals surface area contributed by atoms with Gasteiger partial charge in [-0.2, -0.15) is 0 Å². The Hall–Kier alpha value is -1.88. The maximum Gasteiger partial charge on any atom is 0.273 e. The summed E-state index contributed by atoms with van der Waals surface area (Å²) in [5, 5.41) is 6.60. The van der Waals surface area contributed by atoms with Crippen molar-refractivity contribution in [2.45, 2.75) is 24.7 Å². The number of pyridine rings is 1. The van der Waals surface area contributed by atoms with Gasteiger partial charge in [0.15, 0.2) is 0 Å². The van der Waals surface area contributed by atoms with E-state index in [1.54, 1.807) is 18.7 Å². The molecular formula is C19H25N3OS. The summed E-state index contributed by atoms with van der Waals surface area (Å²) < 4.78 is 1.64. The second kappa shape index (κ2) is 7.34. The van der Waals surface area contributed by atoms with Gasteiger partial charge in [0, 0.05) is 48.5 Å². The Morgan fingerprint density at radius 1 is 1.25 bits per heavy atom. The minimum absolute atomic E-state index is 0.00664. The van der Waals surface area contributed by atoms with Crippen molar-refractivity contribution in [3.8, 4) is 11.1 Å². The molecule has 0 radical (unpaired) electrons. The monoisotopic (exact) mass is 343 g/mol. The molecule has 128 valence electrons. The number of benzene rings is 1. The fourth-order valence-electron chi connectivity index (χ4n) is 2.79. The average molecular weight is 343 g/mol. The number of hydrogen-bond acceptors (Lipinski definition) is 4. The van der Waals surface area contributed by atoms with Crippen molar-refractivity contribution in [2.24, 2.45) is 13.0 Å². The molecule has 24 heavy (non-hydrogen) atoms. The van der Waals surface area contributed by atoms with E-state index in [1.807, 2.05) is 24.0 Å². The number of aryl methyl sites for hydroxylation is 1. The molecular weight excluding hydrogens is 318 g/mol. The van der Waals surface area contributed by atoms with Gasteiger partial charge in [0.1, 0.15) is 5.69 Å². The zero-order valence-corrected chi connectivity index (χ0v) is 15.4. The third-order valence-electron chi connectivity index (χ3n) is 4.34. The van der Waals surface area contributed by atoms with E-state index in [1.165, 1.54) is 17.7 Å². The Labute approximate surface area is 147 Å². The van der Waals surface area contributed by atoms with Crippen LogP contribution in [-0.4, -0.2) is 23.9 Å². The minimum Gasteiger partial charge on any atom is -0.384 e. The fourth-order valence-corrected chi connectivity index (χ4v) is 3.49. The van der Waals surface area contributed by atoms with Crippen molar-refractivity contribution in [3.05, 3.63) is 40.8 Å². The molecule has 1 aromatic heterocycles. The molecule has 2 aromatic rings. The van der Waals surface area contributed by atoms with Gasteiger partial charge in [0.25, 0.3) is 5.56 Å². The van der Waals surface area contributed by atoms with Crippen LogP contribution in [0.4, 0.5) is 11.4 Å². The van der Waals surface area contributed by atoms with Crippen LogP contribution in [0.3, 0.4) is 0 Å². The first kappa shape index (κ1) is 17.0. The maximum absolute atomic E-state index is 12.1. The topological polar surface area (TPSA) is 46.1 Å². The van der Waals surface area contributed by atoms with E-state index in [-0.39, 0.29) is 5.56 Å². The summed E-state index contributed by atoms with van der Waals surface area (Å²) in [6.07, 6.45) is 4.58. The van der Waals surface area contributed by atoms with Crippen LogP contribution in [0.5, 0.6) is 0 Å². The van der Waals surface area contributed by atoms with Crippen molar-refractivity contribution < 1.29 is 0 Å². The molecule has 2 N–H and O–H groups in total. The molecule has 0 aliphatic heterocycles. The number of anilines is 2. The van der Waals surface area contributed by atoms with Crippen LogP contribution in [0.25, 0.3) is 11.1 Å². The highest BCUT2D eigenvalue weighted by Crippen LogP contribution is 2.35. The van der Waals surface area contributed by atoms with Gasteiger partial charge in [0.2, 0.25) is 0 Å². The lowest BCUT2D eigenvalue weighted by molar-refractivity contribution is 0.863. The average Bonchev–Trinajstić information content (AvgIpc) is 3.40. The number of thioether (sulfide) groups is 1. The molecule has 1 fully saturated rings. The summed E-state index contributed by atoms with van der Waals surface area (Å²) >= 11 is 1.83. The van der Waals surface area contributed by atoms with Crippen LogP contribution in [0.2, 0.25) is 0 Å². The number of aromatic nitrogens is 1. The molecule has 1 aliphatic carbocycles. The predicted octanol–water partition coefficient (Wildman–Crippen LogP) is 4.03. The van der Waals surface area contributed by atoms with Crippen LogP contribution in [-0.2, 0) is 7.05 Å². The predicted molar refractivity (Wildman–Crippen MR) is 104 cm³/mol. The summed E-state index contributed by atoms with van der Waals surface area (Å²) in [6.45, 7) is 3.19. The zero-order valence-electron chi connectivity index (χ0n) is 14.6. The lowest BCUT2D eigenvalue weighted by atomic mass is 10.0. The van der Waals surface area contributed by atoms with Gasteiger partial charge in [-0.15, -0.1) is 11.8 Å². The third kappa shape index (κ3) is 3.78. The van der Waals surface area contributed by atoms with Gasteiger partial charge < -0.3 is 15.2 Å². The third-order valence-corrected chi connectivity index (χ3v) is 5.22. The Kier molecular flexibility index (Phi) is 5.19. The second-order valence-electron chi connectivity index (χ2n) is 6.27. The Morgan fingerprint density at radius 3 is 2.71 bits per heavy atom. The number of rotatable bonds is 7. The smallest absolute Gasteiger partial charge is 0.273 e. The highest BCUT2D eigenvalue weighted by molar-refractivity contribution is 7.99. The van der Waals surface area contributed by atoms with E-state index in [4.69, 9.17) is 0 Å². The van der Waals surface area contributed by atoms with E-state index >= 15 is 0 Å². The zero-order chi connectivity index (χ0) is 17.1. The molecule has 0 amide bonds. The molecule has 1 saturated carbocycles. The van der Waals surface area contributed by atoms with Gasteiger partial charge in [-0.1, -0.05) is 6.92 Å². The van der Waals surface area contributed by atoms with Crippen LogP contribution in [0.15, 0.2) is 40.2 Å². The van der Waals surface area contributed by atoms with E-state index < -0.39 is 0 Å². The van der Waals surface area contributed by atoms with E-state index in [0.29, 0.717) is 5.69 Å². The first-order valence-corrected chi connectivity index (χ1v) is 9.50. The van der Waals surface area contributed by atoms with Crippen molar-refractivity contribution in [1.29, 1.82) is 0 Å². The summed E-state index contributed by atoms with van der Waals surface area (Å²) in [4.78, 5) is 13.4. The summed E-state index contributed by atoms with van der Waals surface area (Å²) in [6, 6.07) is 8.51. The van der Waals surface area contributed by atoms with Crippen LogP contribution >= 0.6 is 11.8 Å². The lowest BCUT2D eigenvalue weighted by Crippen LogP contribution is -2.19. The van der Waals surface area contributed by atoms with Gasteiger partial charge >= 0.3 is 0 Å². The molecule has 0 spiro atoms. The molecule has 1 aromatic carbocycles. The highest BCUT2D eigenvalue weighted by Gasteiger charge is 2.21. The second-order valence-corrected chi connectivity index (χ2v) is 7.61. The highest BCUT2D eigenvalue weighted by atomic mass is 32.2. The van der Waals surface area contributed by atoms with Gasteiger partial charge in [-0.25, -0.2) is 0 Å². The normalized spacial score (nSPS) is 13.8. The minimum atomic E-state index is -0.00664. The van der Waals surface area contributed by atoms with Crippen molar-refractivity contribution in [3.63, 3.8) is 0 Å². The van der Waals surface area contributed by atoms with E-state index in [0.717, 1.165) is 35.0 Å². The molecule has 1 aliphatic rings. The molecule has 4 nitrogen and oxygen atoms in total. The standard InChI is InChI=1S/C19H25N3OS/c1-4-24-15-7-8-17(21-11-13-5-6-13)16(10-15)14-9-18(20-2)19(23)22(3)12-14/h7-10,12-13,20-21H,4-6,11H2,1-3H3. The molecule has 3 rings (SSSR count). The summed E-state index contributed by atoms with van der Waals surface area (Å²) in [7, 11) is 3.59. The Bertz CT molecular complexity index is 781. The van der Waals surface area contributed by atoms with Gasteiger partial charge in [-0.05, 0) is 48.8 Å². The van der Waals surface area contributed by atoms with Crippen molar-refractivity contribution in [1.82, 2.24) is 4.57 Å². The quantitative estimate of drug-likeness (QED) is 0.745. The molecule has 0 saturated heterocycles. The number of hydrogen-bond donors (Lipinski definition) is 2. The molecule has 0 atom stereocenters. The van der Waals surface area contributed by atoms with Crippen LogP contribution in [0.1, 0.15) is 19.8 Å². The fraction of sp³-hybridized carbons (Fsp3) is 0.421.